The molecule has 0 spiro atoms. The summed E-state index contributed by atoms with van der Waals surface area (Å²) in [6, 6.07) is 6.88. The molecule has 9 nitrogen and oxygen atoms in total. The zero-order valence-electron chi connectivity index (χ0n) is 17.7. The van der Waals surface area contributed by atoms with E-state index in [0.29, 0.717) is 23.0 Å². The maximum absolute atomic E-state index is 13.0. The Kier molecular flexibility index (Phi) is 6.95. The van der Waals surface area contributed by atoms with Crippen molar-refractivity contribution in [3.63, 3.8) is 0 Å². The number of sulfonamides is 1. The Morgan fingerprint density at radius 1 is 1.03 bits per heavy atom. The fourth-order valence-electron chi connectivity index (χ4n) is 3.33. The van der Waals surface area contributed by atoms with Crippen molar-refractivity contribution in [1.29, 1.82) is 0 Å². The van der Waals surface area contributed by atoms with Crippen LogP contribution in [-0.2, 0) is 16.2 Å². The summed E-state index contributed by atoms with van der Waals surface area (Å²) in [6.45, 7) is 0.389. The van der Waals surface area contributed by atoms with Gasteiger partial charge in [0.2, 0.25) is 10.0 Å². The first-order valence-corrected chi connectivity index (χ1v) is 12.2. The summed E-state index contributed by atoms with van der Waals surface area (Å²) >= 11 is 11.8. The van der Waals surface area contributed by atoms with Crippen LogP contribution >= 0.6 is 23.2 Å². The fraction of sp³-hybridized carbons (Fsp3) is 0.250. The third-order valence-electron chi connectivity index (χ3n) is 5.18. The van der Waals surface area contributed by atoms with Crippen molar-refractivity contribution in [3.05, 3.63) is 64.5 Å². The molecule has 0 radical (unpaired) electrons. The monoisotopic (exact) mass is 548 g/mol. The van der Waals surface area contributed by atoms with E-state index < -0.39 is 21.8 Å². The number of amides is 2. The second-order valence-corrected chi connectivity index (χ2v) is 10.3. The zero-order valence-corrected chi connectivity index (χ0v) is 20.0. The molecule has 3 heterocycles. The van der Waals surface area contributed by atoms with Gasteiger partial charge in [-0.05, 0) is 30.3 Å². The number of carbonyl (C=O) groups excluding carboxylic acids is 1. The number of nitrogens with one attached hydrogen (secondary N) is 1. The number of benzene rings is 1. The van der Waals surface area contributed by atoms with Crippen LogP contribution in [0.5, 0.6) is 0 Å². The summed E-state index contributed by atoms with van der Waals surface area (Å²) in [5.74, 6) is -0.148. The van der Waals surface area contributed by atoms with Gasteiger partial charge in [-0.25, -0.2) is 22.9 Å². The lowest BCUT2D eigenvalue weighted by Crippen LogP contribution is -2.51. The predicted molar refractivity (Wildman–Crippen MR) is 122 cm³/mol. The average molecular weight is 549 g/mol. The molecule has 1 aliphatic heterocycles. The lowest BCUT2D eigenvalue weighted by atomic mass is 10.3. The Morgan fingerprint density at radius 3 is 2.29 bits per heavy atom. The normalized spacial score (nSPS) is 15.3. The molecule has 0 unspecified atom stereocenters. The predicted octanol–water partition coefficient (Wildman–Crippen LogP) is 4.13. The van der Waals surface area contributed by atoms with Crippen molar-refractivity contribution in [2.45, 2.75) is 11.1 Å². The van der Waals surface area contributed by atoms with E-state index in [9.17, 15) is 26.4 Å². The van der Waals surface area contributed by atoms with Gasteiger partial charge in [0.1, 0.15) is 4.90 Å². The molecule has 0 aliphatic carbocycles. The molecule has 0 atom stereocenters. The van der Waals surface area contributed by atoms with Crippen molar-refractivity contribution in [2.24, 2.45) is 0 Å². The van der Waals surface area contributed by atoms with Gasteiger partial charge < -0.3 is 10.2 Å². The van der Waals surface area contributed by atoms with Crippen molar-refractivity contribution in [1.82, 2.24) is 24.0 Å². The second-order valence-electron chi connectivity index (χ2n) is 7.48. The Balaban J connectivity index is 1.42. The summed E-state index contributed by atoms with van der Waals surface area (Å²) in [7, 11) is -3.98. The summed E-state index contributed by atoms with van der Waals surface area (Å²) < 4.78 is 66.8. The van der Waals surface area contributed by atoms with Gasteiger partial charge in [-0.1, -0.05) is 23.2 Å². The molecular weight excluding hydrogens is 532 g/mol. The molecule has 1 saturated heterocycles. The highest BCUT2D eigenvalue weighted by atomic mass is 35.5. The number of nitrogens with zero attached hydrogens (tertiary/aromatic N) is 5. The molecule has 3 aromatic rings. The molecule has 2 amide bonds. The van der Waals surface area contributed by atoms with E-state index in [4.69, 9.17) is 23.2 Å². The lowest BCUT2D eigenvalue weighted by molar-refractivity contribution is -0.137. The van der Waals surface area contributed by atoms with Crippen LogP contribution in [0.15, 0.2) is 53.8 Å². The summed E-state index contributed by atoms with van der Waals surface area (Å²) in [5.41, 5.74) is -0.485. The second kappa shape index (κ2) is 9.64. The van der Waals surface area contributed by atoms with Gasteiger partial charge >= 0.3 is 12.2 Å². The van der Waals surface area contributed by atoms with Crippen LogP contribution < -0.4 is 5.32 Å². The Bertz CT molecular complexity index is 1340. The molecule has 1 aromatic carbocycles. The maximum Gasteiger partial charge on any atom is 0.417 e. The van der Waals surface area contributed by atoms with Gasteiger partial charge in [-0.15, -0.1) is 0 Å². The van der Waals surface area contributed by atoms with E-state index in [1.54, 1.807) is 24.3 Å². The van der Waals surface area contributed by atoms with Crippen LogP contribution in [0.1, 0.15) is 5.56 Å². The van der Waals surface area contributed by atoms with Crippen LogP contribution in [-0.4, -0.2) is 64.6 Å². The molecule has 0 bridgehead atoms. The first-order valence-electron chi connectivity index (χ1n) is 10.0. The number of hydrogen-bond donors (Lipinski definition) is 1. The quantitative estimate of drug-likeness (QED) is 0.528. The van der Waals surface area contributed by atoms with E-state index >= 15 is 0 Å². The van der Waals surface area contributed by atoms with Crippen LogP contribution in [0.4, 0.5) is 23.7 Å². The maximum atomic E-state index is 13.0. The van der Waals surface area contributed by atoms with Crippen molar-refractivity contribution in [3.8, 4) is 5.82 Å². The Labute approximate surface area is 208 Å². The third-order valence-corrected chi connectivity index (χ3v) is 7.57. The topological polar surface area (TPSA) is 100 Å². The molecule has 0 saturated carbocycles. The van der Waals surface area contributed by atoms with Crippen molar-refractivity contribution < 1.29 is 26.4 Å². The molecule has 2 aromatic heterocycles. The molecule has 4 rings (SSSR count). The number of hydrogen-bond acceptors (Lipinski definition) is 5. The van der Waals surface area contributed by atoms with E-state index in [-0.39, 0.29) is 47.9 Å². The van der Waals surface area contributed by atoms with Crippen LogP contribution in [0.3, 0.4) is 0 Å². The number of anilines is 1. The first-order chi connectivity index (χ1) is 16.4. The summed E-state index contributed by atoms with van der Waals surface area (Å²) in [4.78, 5) is 17.4. The SMILES string of the molecule is O=C(Nc1ccc(Cl)cc1)N1CCN(S(=O)(=O)c2cnn(-c3ncc(C(F)(F)F)cc3Cl)c2)CC1. The summed E-state index contributed by atoms with van der Waals surface area (Å²) in [5, 5.41) is 6.81. The number of rotatable bonds is 4. The number of halogens is 5. The Morgan fingerprint density at radius 2 is 1.69 bits per heavy atom. The highest BCUT2D eigenvalue weighted by Crippen LogP contribution is 2.32. The number of aromatic nitrogens is 3. The molecular formula is C20H17Cl2F3N6O3S. The van der Waals surface area contributed by atoms with Crippen molar-refractivity contribution >= 4 is 44.9 Å². The minimum Gasteiger partial charge on any atom is -0.322 e. The Hall–Kier alpha value is -2.87. The fourth-order valence-corrected chi connectivity index (χ4v) is 5.06. The number of carbonyl (C=O) groups is 1. The van der Waals surface area contributed by atoms with Gasteiger partial charge in [0, 0.05) is 43.1 Å². The van der Waals surface area contributed by atoms with E-state index in [1.807, 2.05) is 0 Å². The highest BCUT2D eigenvalue weighted by Gasteiger charge is 2.33. The number of alkyl halides is 3. The number of pyridine rings is 1. The van der Waals surface area contributed by atoms with Gasteiger partial charge in [0.25, 0.3) is 0 Å². The van der Waals surface area contributed by atoms with Crippen molar-refractivity contribution in [2.75, 3.05) is 31.5 Å². The molecule has 1 fully saturated rings. The van der Waals surface area contributed by atoms with E-state index in [0.717, 1.165) is 17.1 Å². The van der Waals surface area contributed by atoms with Crippen LogP contribution in [0.2, 0.25) is 10.0 Å². The highest BCUT2D eigenvalue weighted by molar-refractivity contribution is 7.89. The van der Waals surface area contributed by atoms with Gasteiger partial charge in [0.05, 0.1) is 23.0 Å². The molecule has 35 heavy (non-hydrogen) atoms. The van der Waals surface area contributed by atoms with Gasteiger partial charge in [-0.2, -0.15) is 22.6 Å². The molecule has 15 heteroatoms. The summed E-state index contributed by atoms with van der Waals surface area (Å²) in [6.07, 6.45) is -1.85. The molecule has 1 aliphatic rings. The number of piperazine rings is 1. The largest absolute Gasteiger partial charge is 0.417 e. The van der Waals surface area contributed by atoms with E-state index in [2.05, 4.69) is 15.4 Å². The third kappa shape index (κ3) is 5.53. The minimum absolute atomic E-state index is 0.0425. The minimum atomic E-state index is -4.62. The smallest absolute Gasteiger partial charge is 0.322 e. The number of urea groups is 1. The van der Waals surface area contributed by atoms with Crippen LogP contribution in [0, 0.1) is 0 Å². The van der Waals surface area contributed by atoms with Gasteiger partial charge in [-0.3, -0.25) is 0 Å². The van der Waals surface area contributed by atoms with E-state index in [1.165, 1.54) is 9.21 Å². The first kappa shape index (κ1) is 25.2. The van der Waals surface area contributed by atoms with Gasteiger partial charge in [0.15, 0.2) is 5.82 Å². The standard InChI is InChI=1S/C20H17Cl2F3N6O3S/c21-14-1-3-15(4-2-14)28-19(32)29-5-7-30(8-6-29)35(33,34)16-11-27-31(12-16)18-17(22)9-13(10-26-18)20(23,24)25/h1-4,9-12H,5-8H2,(H,28,32). The lowest BCUT2D eigenvalue weighted by Gasteiger charge is -2.33. The molecule has 186 valence electrons. The average Bonchev–Trinajstić information content (AvgIpc) is 3.31. The molecule has 1 N–H and O–H groups in total. The van der Waals surface area contributed by atoms with Crippen LogP contribution in [0.25, 0.3) is 5.82 Å². The zero-order chi connectivity index (χ0) is 25.4.